The lowest BCUT2D eigenvalue weighted by Crippen LogP contribution is -2.66. The van der Waals surface area contributed by atoms with Crippen LogP contribution in [0.4, 0.5) is 0 Å². The highest BCUT2D eigenvalue weighted by molar-refractivity contribution is 5.88. The summed E-state index contributed by atoms with van der Waals surface area (Å²) in [4.78, 5) is 25.6. The van der Waals surface area contributed by atoms with Gasteiger partial charge in [0.1, 0.15) is 0 Å². The molecule has 0 aromatic heterocycles. The van der Waals surface area contributed by atoms with Crippen molar-refractivity contribution in [1.29, 1.82) is 0 Å². The zero-order valence-corrected chi connectivity index (χ0v) is 28.9. The highest BCUT2D eigenvalue weighted by atomic mass is 16.5. The van der Waals surface area contributed by atoms with E-state index in [9.17, 15) is 14.7 Å². The smallest absolute Gasteiger partial charge is 0.335 e. The molecule has 0 aliphatic heterocycles. The minimum absolute atomic E-state index is 0.00463. The molecule has 0 bridgehead atoms. The Labute approximate surface area is 271 Å². The standard InChI is InChI=1S/C40H57NO4/c1-25(2)28-15-20-40(35(44)41-23-24-45-8)22-21-38(6)30(33(28)40)13-14-32-37(5)18-16-29(26-9-11-27(12-10-26)34(42)43)36(3,4)31(37)17-19-39(32,38)7/h9-12,16,28,30-33H,1,13-15,17-24H2,2-8H3,(H,41,44)(H,42,43)/t28-,30?,31?,32?,33?,37-,38+,39+,40-/m0/s1. The quantitative estimate of drug-likeness (QED) is 0.237. The predicted octanol–water partition coefficient (Wildman–Crippen LogP) is 8.80. The minimum Gasteiger partial charge on any atom is -0.478 e. The number of hydrogen-bond acceptors (Lipinski definition) is 3. The molecule has 1 aromatic carbocycles. The van der Waals surface area contributed by atoms with Crippen molar-refractivity contribution in [2.24, 2.45) is 56.7 Å². The molecule has 1 aromatic rings. The minimum atomic E-state index is -0.875. The molecule has 0 radical (unpaired) electrons. The summed E-state index contributed by atoms with van der Waals surface area (Å²) in [5.74, 6) is 1.89. The van der Waals surface area contributed by atoms with Gasteiger partial charge in [0.2, 0.25) is 5.91 Å². The van der Waals surface area contributed by atoms with Crippen LogP contribution in [0.2, 0.25) is 0 Å². The second-order valence-corrected chi connectivity index (χ2v) is 17.0. The van der Waals surface area contributed by atoms with E-state index in [1.165, 1.54) is 36.8 Å². The van der Waals surface area contributed by atoms with Gasteiger partial charge in [-0.1, -0.05) is 65.0 Å². The average molecular weight is 616 g/mol. The fourth-order valence-corrected chi connectivity index (χ4v) is 12.9. The number of ether oxygens (including phenoxy) is 1. The number of hydrogen-bond donors (Lipinski definition) is 2. The summed E-state index contributed by atoms with van der Waals surface area (Å²) in [6.07, 6.45) is 12.6. The fourth-order valence-electron chi connectivity index (χ4n) is 12.9. The zero-order chi connectivity index (χ0) is 32.6. The lowest BCUT2D eigenvalue weighted by atomic mass is 9.32. The van der Waals surface area contributed by atoms with E-state index in [-0.39, 0.29) is 33.0 Å². The summed E-state index contributed by atoms with van der Waals surface area (Å²) in [5.41, 5.74) is 4.46. The van der Waals surface area contributed by atoms with Gasteiger partial charge in [0.05, 0.1) is 17.6 Å². The van der Waals surface area contributed by atoms with Crippen LogP contribution in [0.15, 0.2) is 42.5 Å². The van der Waals surface area contributed by atoms with E-state index in [0.717, 1.165) is 37.7 Å². The Kier molecular flexibility index (Phi) is 8.03. The molecule has 5 aliphatic carbocycles. The Morgan fingerprint density at radius 1 is 0.933 bits per heavy atom. The van der Waals surface area contributed by atoms with Gasteiger partial charge in [-0.05, 0) is 139 Å². The first kappa shape index (κ1) is 32.5. The molecule has 246 valence electrons. The van der Waals surface area contributed by atoms with Gasteiger partial charge >= 0.3 is 5.97 Å². The highest BCUT2D eigenvalue weighted by Gasteiger charge is 2.71. The van der Waals surface area contributed by atoms with Crippen molar-refractivity contribution >= 4 is 17.4 Å². The number of carbonyl (C=O) groups is 2. The van der Waals surface area contributed by atoms with Crippen molar-refractivity contribution < 1.29 is 19.4 Å². The summed E-state index contributed by atoms with van der Waals surface area (Å²) in [6.45, 7) is 20.6. The van der Waals surface area contributed by atoms with E-state index >= 15 is 0 Å². The Hall–Kier alpha value is -2.40. The van der Waals surface area contributed by atoms with Crippen LogP contribution in [0, 0.1) is 56.7 Å². The molecule has 1 amide bonds. The topological polar surface area (TPSA) is 75.6 Å². The number of aromatic carboxylic acids is 1. The normalized spacial score (nSPS) is 41.5. The molecule has 5 heteroatoms. The Bertz CT molecular complexity index is 1390. The first-order valence-electron chi connectivity index (χ1n) is 17.6. The third-order valence-electron chi connectivity index (χ3n) is 15.1. The number of methoxy groups -OCH3 is 1. The lowest BCUT2D eigenvalue weighted by Gasteiger charge is -2.72. The number of allylic oxidation sites excluding steroid dienone is 3. The van der Waals surface area contributed by atoms with Crippen LogP contribution in [0.25, 0.3) is 5.57 Å². The van der Waals surface area contributed by atoms with Crippen molar-refractivity contribution in [3.05, 3.63) is 53.6 Å². The summed E-state index contributed by atoms with van der Waals surface area (Å²) in [5, 5.41) is 12.7. The molecule has 4 saturated carbocycles. The fraction of sp³-hybridized carbons (Fsp3) is 0.700. The predicted molar refractivity (Wildman–Crippen MR) is 181 cm³/mol. The monoisotopic (exact) mass is 615 g/mol. The highest BCUT2D eigenvalue weighted by Crippen LogP contribution is 2.77. The summed E-state index contributed by atoms with van der Waals surface area (Å²) in [6, 6.07) is 7.53. The zero-order valence-electron chi connectivity index (χ0n) is 28.9. The van der Waals surface area contributed by atoms with E-state index < -0.39 is 5.97 Å². The summed E-state index contributed by atoms with van der Waals surface area (Å²) in [7, 11) is 1.70. The van der Waals surface area contributed by atoms with Crippen molar-refractivity contribution in [3.63, 3.8) is 0 Å². The number of fused-ring (bicyclic) bond motifs is 7. The van der Waals surface area contributed by atoms with Crippen LogP contribution >= 0.6 is 0 Å². The molecule has 45 heavy (non-hydrogen) atoms. The van der Waals surface area contributed by atoms with Crippen LogP contribution in [0.5, 0.6) is 0 Å². The maximum atomic E-state index is 14.1. The third kappa shape index (κ3) is 4.56. The molecule has 6 rings (SSSR count). The number of amides is 1. The van der Waals surface area contributed by atoms with E-state index in [1.54, 1.807) is 19.2 Å². The molecule has 0 saturated heterocycles. The van der Waals surface area contributed by atoms with Crippen molar-refractivity contribution in [2.75, 3.05) is 20.3 Å². The van der Waals surface area contributed by atoms with Crippen LogP contribution in [-0.2, 0) is 9.53 Å². The second kappa shape index (κ2) is 11.1. The van der Waals surface area contributed by atoms with Gasteiger partial charge in [-0.2, -0.15) is 0 Å². The van der Waals surface area contributed by atoms with Gasteiger partial charge < -0.3 is 15.2 Å². The van der Waals surface area contributed by atoms with Gasteiger partial charge in [0, 0.05) is 13.7 Å². The number of nitrogens with one attached hydrogen (secondary N) is 1. The number of carboxylic acid groups (broad SMARTS) is 1. The second-order valence-electron chi connectivity index (χ2n) is 17.0. The van der Waals surface area contributed by atoms with Gasteiger partial charge in [0.15, 0.2) is 0 Å². The van der Waals surface area contributed by atoms with Crippen molar-refractivity contribution in [2.45, 2.75) is 99.3 Å². The number of rotatable bonds is 7. The van der Waals surface area contributed by atoms with E-state index in [1.807, 2.05) is 12.1 Å². The van der Waals surface area contributed by atoms with Crippen LogP contribution in [-0.4, -0.2) is 37.2 Å². The molecule has 2 N–H and O–H groups in total. The van der Waals surface area contributed by atoms with Crippen LogP contribution < -0.4 is 5.32 Å². The first-order chi connectivity index (χ1) is 21.2. The summed E-state index contributed by atoms with van der Waals surface area (Å²) >= 11 is 0. The number of carbonyl (C=O) groups excluding carboxylic acids is 1. The van der Waals surface area contributed by atoms with Gasteiger partial charge in [-0.3, -0.25) is 4.79 Å². The maximum Gasteiger partial charge on any atom is 0.335 e. The molecule has 0 heterocycles. The van der Waals surface area contributed by atoms with Crippen molar-refractivity contribution in [3.8, 4) is 0 Å². The van der Waals surface area contributed by atoms with Gasteiger partial charge in [-0.15, -0.1) is 0 Å². The first-order valence-corrected chi connectivity index (χ1v) is 17.6. The number of benzene rings is 1. The summed E-state index contributed by atoms with van der Waals surface area (Å²) < 4.78 is 5.28. The van der Waals surface area contributed by atoms with Crippen LogP contribution in [0.1, 0.15) is 115 Å². The molecule has 4 fully saturated rings. The molecule has 5 aliphatic rings. The Balaban J connectivity index is 1.34. The molecule has 0 spiro atoms. The molecular formula is C40H57NO4. The van der Waals surface area contributed by atoms with Crippen molar-refractivity contribution in [1.82, 2.24) is 5.32 Å². The number of carboxylic acids is 1. The third-order valence-corrected chi connectivity index (χ3v) is 15.1. The van der Waals surface area contributed by atoms with E-state index in [0.29, 0.717) is 48.3 Å². The van der Waals surface area contributed by atoms with Gasteiger partial charge in [0.25, 0.3) is 0 Å². The largest absolute Gasteiger partial charge is 0.478 e. The van der Waals surface area contributed by atoms with E-state index in [2.05, 4.69) is 59.5 Å². The van der Waals surface area contributed by atoms with Crippen LogP contribution in [0.3, 0.4) is 0 Å². The molecule has 5 nitrogen and oxygen atoms in total. The SMILES string of the molecule is C=C(C)[C@@H]1CC[C@]2(C(=O)NCCOC)CC[C@]3(C)C(CCC4[C@@]5(C)CC=C(c6ccc(C(=O)O)cc6)C(C)(C)C5CC[C@]43C)C12. The Morgan fingerprint density at radius 3 is 2.29 bits per heavy atom. The molecular weight excluding hydrogens is 558 g/mol. The lowest BCUT2D eigenvalue weighted by molar-refractivity contribution is -0.225. The maximum absolute atomic E-state index is 14.1. The Morgan fingerprint density at radius 2 is 1.64 bits per heavy atom. The van der Waals surface area contributed by atoms with E-state index in [4.69, 9.17) is 4.74 Å². The molecule has 9 atom stereocenters. The molecule has 4 unspecified atom stereocenters. The average Bonchev–Trinajstić information content (AvgIpc) is 3.39. The van der Waals surface area contributed by atoms with Gasteiger partial charge in [-0.25, -0.2) is 4.79 Å².